The zero-order chi connectivity index (χ0) is 17.1. The molecule has 0 aromatic heterocycles. The minimum Gasteiger partial charge on any atom is -0.497 e. The Hall–Kier alpha value is -2.82. The van der Waals surface area contributed by atoms with E-state index in [1.165, 1.54) is 7.11 Å². The lowest BCUT2D eigenvalue weighted by Crippen LogP contribution is -2.39. The molecule has 124 valence electrons. The van der Waals surface area contributed by atoms with Gasteiger partial charge in [-0.05, 0) is 43.2 Å². The van der Waals surface area contributed by atoms with Crippen molar-refractivity contribution in [3.63, 3.8) is 0 Å². The molecule has 5 heteroatoms. The Balaban J connectivity index is 1.74. The summed E-state index contributed by atoms with van der Waals surface area (Å²) in [6.45, 7) is 1.90. The van der Waals surface area contributed by atoms with Crippen LogP contribution >= 0.6 is 0 Å². The fourth-order valence-corrected chi connectivity index (χ4v) is 3.03. The van der Waals surface area contributed by atoms with E-state index in [-0.39, 0.29) is 18.6 Å². The average molecular weight is 325 g/mol. The number of ether oxygens (including phenoxy) is 2. The number of benzene rings is 2. The molecule has 1 aliphatic heterocycles. The Labute approximate surface area is 140 Å². The van der Waals surface area contributed by atoms with E-state index in [2.05, 4.69) is 0 Å². The van der Waals surface area contributed by atoms with Crippen molar-refractivity contribution in [3.05, 3.63) is 53.6 Å². The number of carbonyl (C=O) groups is 2. The molecule has 0 saturated carbocycles. The number of para-hydroxylation sites is 1. The predicted octanol–water partition coefficient (Wildman–Crippen LogP) is 2.86. The first-order valence-electron chi connectivity index (χ1n) is 7.80. The summed E-state index contributed by atoms with van der Waals surface area (Å²) in [7, 11) is 1.53. The molecule has 0 bridgehead atoms. The van der Waals surface area contributed by atoms with E-state index in [1.54, 1.807) is 23.1 Å². The Morgan fingerprint density at radius 2 is 2.08 bits per heavy atom. The Morgan fingerprint density at radius 3 is 2.83 bits per heavy atom. The van der Waals surface area contributed by atoms with Crippen molar-refractivity contribution in [1.29, 1.82) is 0 Å². The highest BCUT2D eigenvalue weighted by molar-refractivity contribution is 5.97. The molecule has 5 nitrogen and oxygen atoms in total. The molecule has 0 aliphatic carbocycles. The van der Waals surface area contributed by atoms with Crippen molar-refractivity contribution in [3.8, 4) is 11.5 Å². The van der Waals surface area contributed by atoms with Gasteiger partial charge in [-0.1, -0.05) is 18.2 Å². The van der Waals surface area contributed by atoms with E-state index < -0.39 is 0 Å². The Kier molecular flexibility index (Phi) is 4.51. The number of hydrogen-bond donors (Lipinski definition) is 0. The van der Waals surface area contributed by atoms with E-state index in [1.807, 2.05) is 31.2 Å². The van der Waals surface area contributed by atoms with Gasteiger partial charge in [-0.25, -0.2) is 0 Å². The molecule has 2 aromatic carbocycles. The molecule has 0 radical (unpaired) electrons. The number of anilines is 1. The maximum Gasteiger partial charge on any atom is 0.265 e. The molecular formula is C19H19NO4. The van der Waals surface area contributed by atoms with Gasteiger partial charge in [0, 0.05) is 11.7 Å². The Bertz CT molecular complexity index is 772. The second-order valence-electron chi connectivity index (χ2n) is 5.76. The normalized spacial score (nSPS) is 15.8. The standard InChI is InChI=1S/C19H19NO4/c1-13-9-14-5-3-4-6-17(14)20(13)19(22)12-24-18-8-7-16(23-2)10-15(18)11-21/h3-8,10-11,13H,9,12H2,1-2H3/t13-/m1/s1. The van der Waals surface area contributed by atoms with Crippen molar-refractivity contribution in [2.24, 2.45) is 0 Å². The van der Waals surface area contributed by atoms with Crippen LogP contribution in [0, 0.1) is 0 Å². The minimum atomic E-state index is -0.125. The minimum absolute atomic E-state index is 0.0971. The summed E-state index contributed by atoms with van der Waals surface area (Å²) in [6.07, 6.45) is 1.53. The lowest BCUT2D eigenvalue weighted by atomic mass is 10.1. The van der Waals surface area contributed by atoms with Gasteiger partial charge in [0.15, 0.2) is 12.9 Å². The van der Waals surface area contributed by atoms with Gasteiger partial charge in [-0.2, -0.15) is 0 Å². The Morgan fingerprint density at radius 1 is 1.29 bits per heavy atom. The van der Waals surface area contributed by atoms with E-state index in [0.717, 1.165) is 17.7 Å². The molecule has 1 aliphatic rings. The first-order valence-corrected chi connectivity index (χ1v) is 7.80. The van der Waals surface area contributed by atoms with Crippen LogP contribution in [0.15, 0.2) is 42.5 Å². The van der Waals surface area contributed by atoms with Crippen molar-refractivity contribution in [1.82, 2.24) is 0 Å². The third-order valence-electron chi connectivity index (χ3n) is 4.17. The number of amides is 1. The first-order chi connectivity index (χ1) is 11.6. The second-order valence-corrected chi connectivity index (χ2v) is 5.76. The van der Waals surface area contributed by atoms with Gasteiger partial charge in [0.05, 0.1) is 12.7 Å². The van der Waals surface area contributed by atoms with Crippen LogP contribution in [0.2, 0.25) is 0 Å². The topological polar surface area (TPSA) is 55.8 Å². The van der Waals surface area contributed by atoms with Gasteiger partial charge >= 0.3 is 0 Å². The number of rotatable bonds is 5. The van der Waals surface area contributed by atoms with Gasteiger partial charge in [0.2, 0.25) is 0 Å². The van der Waals surface area contributed by atoms with Crippen LogP contribution in [0.1, 0.15) is 22.8 Å². The highest BCUT2D eigenvalue weighted by Gasteiger charge is 2.30. The molecule has 1 atom stereocenters. The summed E-state index contributed by atoms with van der Waals surface area (Å²) in [6, 6.07) is 12.9. The van der Waals surface area contributed by atoms with Gasteiger partial charge in [0.25, 0.3) is 5.91 Å². The number of nitrogens with zero attached hydrogens (tertiary/aromatic N) is 1. The van der Waals surface area contributed by atoms with Crippen LogP contribution in [-0.4, -0.2) is 32.0 Å². The number of hydrogen-bond acceptors (Lipinski definition) is 4. The number of methoxy groups -OCH3 is 1. The van der Waals surface area contributed by atoms with Crippen LogP contribution in [0.5, 0.6) is 11.5 Å². The van der Waals surface area contributed by atoms with E-state index in [0.29, 0.717) is 23.3 Å². The lowest BCUT2D eigenvalue weighted by Gasteiger charge is -2.23. The van der Waals surface area contributed by atoms with Crippen LogP contribution in [0.25, 0.3) is 0 Å². The third kappa shape index (κ3) is 2.97. The molecule has 0 fully saturated rings. The summed E-state index contributed by atoms with van der Waals surface area (Å²) in [5.41, 5.74) is 2.46. The monoisotopic (exact) mass is 325 g/mol. The first kappa shape index (κ1) is 16.1. The smallest absolute Gasteiger partial charge is 0.265 e. The maximum absolute atomic E-state index is 12.6. The molecule has 0 spiro atoms. The molecule has 24 heavy (non-hydrogen) atoms. The molecule has 3 rings (SSSR count). The quantitative estimate of drug-likeness (QED) is 0.793. The number of carbonyl (C=O) groups excluding carboxylic acids is 2. The van der Waals surface area contributed by atoms with Crippen molar-refractivity contribution in [2.75, 3.05) is 18.6 Å². The van der Waals surface area contributed by atoms with Crippen LogP contribution in [0.4, 0.5) is 5.69 Å². The van der Waals surface area contributed by atoms with Gasteiger partial charge < -0.3 is 14.4 Å². The fourth-order valence-electron chi connectivity index (χ4n) is 3.03. The number of fused-ring (bicyclic) bond motifs is 1. The van der Waals surface area contributed by atoms with E-state index in [9.17, 15) is 9.59 Å². The summed E-state index contributed by atoms with van der Waals surface area (Å²) in [4.78, 5) is 25.5. The van der Waals surface area contributed by atoms with Crippen molar-refractivity contribution < 1.29 is 19.1 Å². The summed E-state index contributed by atoms with van der Waals surface area (Å²) >= 11 is 0. The third-order valence-corrected chi connectivity index (χ3v) is 4.17. The summed E-state index contributed by atoms with van der Waals surface area (Å²) < 4.78 is 10.7. The zero-order valence-corrected chi connectivity index (χ0v) is 13.7. The molecule has 1 amide bonds. The highest BCUT2D eigenvalue weighted by Crippen LogP contribution is 2.32. The molecule has 2 aromatic rings. The predicted molar refractivity (Wildman–Crippen MR) is 91.0 cm³/mol. The maximum atomic E-state index is 12.6. The van der Waals surface area contributed by atoms with Crippen molar-refractivity contribution >= 4 is 17.9 Å². The van der Waals surface area contributed by atoms with Gasteiger partial charge in [-0.3, -0.25) is 9.59 Å². The molecule has 0 saturated heterocycles. The number of aldehydes is 1. The largest absolute Gasteiger partial charge is 0.497 e. The molecular weight excluding hydrogens is 306 g/mol. The van der Waals surface area contributed by atoms with E-state index >= 15 is 0 Å². The summed E-state index contributed by atoms with van der Waals surface area (Å²) in [5, 5.41) is 0. The van der Waals surface area contributed by atoms with Crippen LogP contribution in [-0.2, 0) is 11.2 Å². The van der Waals surface area contributed by atoms with E-state index in [4.69, 9.17) is 9.47 Å². The average Bonchev–Trinajstić information content (AvgIpc) is 2.95. The highest BCUT2D eigenvalue weighted by atomic mass is 16.5. The van der Waals surface area contributed by atoms with Gasteiger partial charge in [0.1, 0.15) is 11.5 Å². The van der Waals surface area contributed by atoms with Gasteiger partial charge in [-0.15, -0.1) is 0 Å². The molecule has 0 N–H and O–H groups in total. The molecule has 1 heterocycles. The summed E-state index contributed by atoms with van der Waals surface area (Å²) in [5.74, 6) is 0.817. The van der Waals surface area contributed by atoms with Crippen LogP contribution in [0.3, 0.4) is 0 Å². The fraction of sp³-hybridized carbons (Fsp3) is 0.263. The lowest BCUT2D eigenvalue weighted by molar-refractivity contribution is -0.120. The molecule has 0 unspecified atom stereocenters. The zero-order valence-electron chi connectivity index (χ0n) is 13.7. The SMILES string of the molecule is COc1ccc(OCC(=O)N2c3ccccc3C[C@H]2C)c(C=O)c1. The second kappa shape index (κ2) is 6.74. The van der Waals surface area contributed by atoms with Crippen LogP contribution < -0.4 is 14.4 Å². The van der Waals surface area contributed by atoms with Crippen molar-refractivity contribution in [2.45, 2.75) is 19.4 Å².